The van der Waals surface area contributed by atoms with Crippen LogP contribution in [0.4, 0.5) is 0 Å². The van der Waals surface area contributed by atoms with Gasteiger partial charge in [-0.05, 0) is 59.6 Å². The van der Waals surface area contributed by atoms with Gasteiger partial charge in [-0.25, -0.2) is 0 Å². The molecule has 0 N–H and O–H groups in total. The Labute approximate surface area is 147 Å². The van der Waals surface area contributed by atoms with E-state index in [-0.39, 0.29) is 22.9 Å². The van der Waals surface area contributed by atoms with Crippen LogP contribution in [0.1, 0.15) is 83.4 Å². The molecule has 1 aromatic rings. The van der Waals surface area contributed by atoms with Gasteiger partial charge >= 0.3 is 5.97 Å². The lowest BCUT2D eigenvalue weighted by molar-refractivity contribution is -0.163. The molecule has 2 aliphatic rings. The number of rotatable bonds is 2. The highest BCUT2D eigenvalue weighted by atomic mass is 16.5. The molecule has 1 aromatic carbocycles. The average molecular weight is 328 g/mol. The van der Waals surface area contributed by atoms with Crippen molar-refractivity contribution in [1.82, 2.24) is 0 Å². The van der Waals surface area contributed by atoms with Gasteiger partial charge in [0.1, 0.15) is 6.10 Å². The van der Waals surface area contributed by atoms with Gasteiger partial charge < -0.3 is 4.74 Å². The van der Waals surface area contributed by atoms with E-state index in [1.807, 2.05) is 0 Å². The van der Waals surface area contributed by atoms with Crippen molar-refractivity contribution in [2.45, 2.75) is 84.7 Å². The van der Waals surface area contributed by atoms with Gasteiger partial charge in [-0.1, -0.05) is 52.8 Å². The molecular weight excluding hydrogens is 296 g/mol. The van der Waals surface area contributed by atoms with E-state index in [1.54, 1.807) is 5.56 Å². The van der Waals surface area contributed by atoms with Crippen LogP contribution in [0, 0.1) is 11.3 Å². The number of esters is 1. The molecule has 0 spiro atoms. The number of benzene rings is 1. The Hall–Kier alpha value is -1.31. The largest absolute Gasteiger partial charge is 0.462 e. The number of fused-ring (bicyclic) bond motifs is 3. The molecule has 3 atom stereocenters. The Morgan fingerprint density at radius 2 is 1.92 bits per heavy atom. The summed E-state index contributed by atoms with van der Waals surface area (Å²) in [5.41, 5.74) is 4.75. The minimum atomic E-state index is -0.144. The number of hydrogen-bond donors (Lipinski definition) is 0. The SMILES string of the molecule is CC(=O)O[C@H]1CC[C@]2(C)c3ccc(C(C)C)cc3CC[C@@H]2C1(C)C. The van der Waals surface area contributed by atoms with Gasteiger partial charge in [-0.15, -0.1) is 0 Å². The van der Waals surface area contributed by atoms with E-state index in [1.165, 1.54) is 24.5 Å². The molecule has 0 radical (unpaired) electrons. The predicted molar refractivity (Wildman–Crippen MR) is 98.3 cm³/mol. The first-order valence-corrected chi connectivity index (χ1v) is 9.46. The molecule has 1 saturated carbocycles. The number of ether oxygens (including phenoxy) is 1. The van der Waals surface area contributed by atoms with Crippen LogP contribution in [0.15, 0.2) is 18.2 Å². The second-order valence-corrected chi connectivity index (χ2v) is 9.04. The maximum atomic E-state index is 11.5. The highest BCUT2D eigenvalue weighted by Crippen LogP contribution is 2.57. The fourth-order valence-electron chi connectivity index (χ4n) is 5.48. The predicted octanol–water partition coefficient (Wildman–Crippen LogP) is 5.38. The Morgan fingerprint density at radius 1 is 1.21 bits per heavy atom. The van der Waals surface area contributed by atoms with Crippen LogP contribution in [-0.2, 0) is 21.4 Å². The van der Waals surface area contributed by atoms with Crippen LogP contribution < -0.4 is 0 Å². The van der Waals surface area contributed by atoms with Crippen LogP contribution >= 0.6 is 0 Å². The second kappa shape index (κ2) is 5.89. The van der Waals surface area contributed by atoms with E-state index in [0.717, 1.165) is 19.3 Å². The van der Waals surface area contributed by atoms with Crippen LogP contribution in [0.3, 0.4) is 0 Å². The van der Waals surface area contributed by atoms with Gasteiger partial charge in [0, 0.05) is 12.3 Å². The molecule has 24 heavy (non-hydrogen) atoms. The number of carbonyl (C=O) groups is 1. The van der Waals surface area contributed by atoms with E-state index < -0.39 is 0 Å². The highest BCUT2D eigenvalue weighted by Gasteiger charge is 2.54. The van der Waals surface area contributed by atoms with E-state index in [2.05, 4.69) is 52.8 Å². The second-order valence-electron chi connectivity index (χ2n) is 9.04. The quantitative estimate of drug-likeness (QED) is 0.681. The van der Waals surface area contributed by atoms with Crippen LogP contribution in [0.2, 0.25) is 0 Å². The lowest BCUT2D eigenvalue weighted by Crippen LogP contribution is -2.54. The van der Waals surface area contributed by atoms with Crippen molar-refractivity contribution in [2.75, 3.05) is 0 Å². The summed E-state index contributed by atoms with van der Waals surface area (Å²) in [5.74, 6) is 0.993. The standard InChI is InChI=1S/C22H32O2/c1-14(2)16-7-9-18-17(13-16)8-10-19-21(4,5)20(24-15(3)23)11-12-22(18,19)6/h7,9,13-14,19-20H,8,10-12H2,1-6H3/t19-,20+,22-/m1/s1. The molecular formula is C22H32O2. The summed E-state index contributed by atoms with van der Waals surface area (Å²) in [6.45, 7) is 13.1. The molecule has 2 nitrogen and oxygen atoms in total. The molecule has 3 rings (SSSR count). The smallest absolute Gasteiger partial charge is 0.302 e. The van der Waals surface area contributed by atoms with Gasteiger partial charge in [-0.2, -0.15) is 0 Å². The zero-order chi connectivity index (χ0) is 17.7. The lowest BCUT2D eigenvalue weighted by atomic mass is 9.49. The lowest BCUT2D eigenvalue weighted by Gasteiger charge is -2.56. The monoisotopic (exact) mass is 328 g/mol. The summed E-state index contributed by atoms with van der Waals surface area (Å²) >= 11 is 0. The molecule has 132 valence electrons. The summed E-state index contributed by atoms with van der Waals surface area (Å²) in [4.78, 5) is 11.5. The Balaban J connectivity index is 1.98. The zero-order valence-corrected chi connectivity index (χ0v) is 16.1. The summed E-state index contributed by atoms with van der Waals surface area (Å²) in [6, 6.07) is 7.15. The van der Waals surface area contributed by atoms with Crippen molar-refractivity contribution in [3.8, 4) is 0 Å². The van der Waals surface area contributed by atoms with Gasteiger partial charge in [0.05, 0.1) is 0 Å². The fraction of sp³-hybridized carbons (Fsp3) is 0.682. The minimum Gasteiger partial charge on any atom is -0.462 e. The van der Waals surface area contributed by atoms with E-state index in [0.29, 0.717) is 11.8 Å². The van der Waals surface area contributed by atoms with Crippen LogP contribution in [0.25, 0.3) is 0 Å². The average Bonchev–Trinajstić information content (AvgIpc) is 2.49. The minimum absolute atomic E-state index is 0.0209. The summed E-state index contributed by atoms with van der Waals surface area (Å²) < 4.78 is 5.70. The Morgan fingerprint density at radius 3 is 2.54 bits per heavy atom. The first-order valence-electron chi connectivity index (χ1n) is 9.46. The van der Waals surface area contributed by atoms with Crippen LogP contribution in [0.5, 0.6) is 0 Å². The first kappa shape index (κ1) is 17.5. The molecule has 0 aliphatic heterocycles. The highest BCUT2D eigenvalue weighted by molar-refractivity contribution is 5.66. The Kier molecular flexibility index (Phi) is 4.30. The number of aryl methyl sites for hydroxylation is 1. The molecule has 1 fully saturated rings. The Bertz CT molecular complexity index is 643. The third kappa shape index (κ3) is 2.68. The van der Waals surface area contributed by atoms with Crippen molar-refractivity contribution in [3.05, 3.63) is 34.9 Å². The van der Waals surface area contributed by atoms with E-state index in [4.69, 9.17) is 4.74 Å². The van der Waals surface area contributed by atoms with Gasteiger partial charge in [-0.3, -0.25) is 4.79 Å². The van der Waals surface area contributed by atoms with Crippen molar-refractivity contribution >= 4 is 5.97 Å². The normalized spacial score (nSPS) is 31.3. The summed E-state index contributed by atoms with van der Waals surface area (Å²) in [5, 5.41) is 0. The fourth-order valence-corrected chi connectivity index (χ4v) is 5.48. The molecule has 0 saturated heterocycles. The topological polar surface area (TPSA) is 26.3 Å². The van der Waals surface area contributed by atoms with Crippen molar-refractivity contribution in [1.29, 1.82) is 0 Å². The van der Waals surface area contributed by atoms with E-state index >= 15 is 0 Å². The maximum absolute atomic E-state index is 11.5. The summed E-state index contributed by atoms with van der Waals surface area (Å²) in [7, 11) is 0. The first-order chi connectivity index (χ1) is 11.2. The molecule has 0 unspecified atom stereocenters. The van der Waals surface area contributed by atoms with Crippen molar-refractivity contribution in [3.63, 3.8) is 0 Å². The third-order valence-electron chi connectivity index (χ3n) is 6.84. The molecule has 0 aromatic heterocycles. The molecule has 0 bridgehead atoms. The van der Waals surface area contributed by atoms with Gasteiger partial charge in [0.15, 0.2) is 0 Å². The number of carbonyl (C=O) groups excluding carboxylic acids is 1. The molecule has 0 amide bonds. The van der Waals surface area contributed by atoms with E-state index in [9.17, 15) is 4.79 Å². The van der Waals surface area contributed by atoms with Gasteiger partial charge in [0.2, 0.25) is 0 Å². The van der Waals surface area contributed by atoms with Gasteiger partial charge in [0.25, 0.3) is 0 Å². The third-order valence-corrected chi connectivity index (χ3v) is 6.84. The number of hydrogen-bond acceptors (Lipinski definition) is 2. The molecule has 2 heteroatoms. The summed E-state index contributed by atoms with van der Waals surface area (Å²) in [6.07, 6.45) is 4.45. The van der Waals surface area contributed by atoms with Crippen LogP contribution in [-0.4, -0.2) is 12.1 Å². The van der Waals surface area contributed by atoms with Crippen molar-refractivity contribution < 1.29 is 9.53 Å². The molecule has 0 heterocycles. The maximum Gasteiger partial charge on any atom is 0.302 e. The van der Waals surface area contributed by atoms with Crippen molar-refractivity contribution in [2.24, 2.45) is 11.3 Å². The zero-order valence-electron chi connectivity index (χ0n) is 16.1. The molecule has 2 aliphatic carbocycles.